The Kier molecular flexibility index (Phi) is 5.29. The molecule has 1 N–H and O–H groups in total. The number of carbonyl (C=O) groups is 1. The van der Waals surface area contributed by atoms with E-state index < -0.39 is 10.0 Å². The summed E-state index contributed by atoms with van der Waals surface area (Å²) in [6, 6.07) is 14.1. The van der Waals surface area contributed by atoms with Gasteiger partial charge in [-0.25, -0.2) is 13.1 Å². The Bertz CT molecular complexity index is 897. The van der Waals surface area contributed by atoms with Crippen LogP contribution < -0.4 is 14.4 Å². The van der Waals surface area contributed by atoms with Crippen molar-refractivity contribution in [3.8, 4) is 5.75 Å². The molecular formula is C19H22N2O4S. The number of nitrogens with one attached hydrogen (secondary N) is 1. The zero-order valence-corrected chi connectivity index (χ0v) is 15.6. The average molecular weight is 374 g/mol. The van der Waals surface area contributed by atoms with Crippen LogP contribution in [0.5, 0.6) is 5.75 Å². The van der Waals surface area contributed by atoms with Gasteiger partial charge in [0.15, 0.2) is 0 Å². The zero-order chi connectivity index (χ0) is 18.7. The van der Waals surface area contributed by atoms with E-state index in [0.717, 1.165) is 11.3 Å². The number of amides is 1. The van der Waals surface area contributed by atoms with Gasteiger partial charge in [0, 0.05) is 25.7 Å². The lowest BCUT2D eigenvalue weighted by Gasteiger charge is -2.17. The molecule has 0 bridgehead atoms. The SMILES string of the molecule is CC(=O)N1CCc2cc(S(=O)(=O)NCC(C)Oc3ccccc3)ccc21. The Labute approximate surface area is 153 Å². The quantitative estimate of drug-likeness (QED) is 0.842. The number of carbonyl (C=O) groups excluding carboxylic acids is 1. The Balaban J connectivity index is 1.66. The molecule has 6 nitrogen and oxygen atoms in total. The second kappa shape index (κ2) is 7.47. The molecule has 0 radical (unpaired) electrons. The molecule has 7 heteroatoms. The van der Waals surface area contributed by atoms with Crippen LogP contribution >= 0.6 is 0 Å². The summed E-state index contributed by atoms with van der Waals surface area (Å²) in [4.78, 5) is 13.5. The predicted molar refractivity (Wildman–Crippen MR) is 99.9 cm³/mol. The largest absolute Gasteiger partial charge is 0.489 e. The molecule has 1 aliphatic heterocycles. The van der Waals surface area contributed by atoms with Gasteiger partial charge < -0.3 is 9.64 Å². The Morgan fingerprint density at radius 2 is 1.96 bits per heavy atom. The lowest BCUT2D eigenvalue weighted by atomic mass is 10.2. The first-order valence-corrected chi connectivity index (χ1v) is 9.97. The molecule has 2 aromatic rings. The van der Waals surface area contributed by atoms with Crippen molar-refractivity contribution in [1.29, 1.82) is 0 Å². The Hall–Kier alpha value is -2.38. The van der Waals surface area contributed by atoms with Gasteiger partial charge in [0.05, 0.1) is 4.90 Å². The van der Waals surface area contributed by atoms with Crippen molar-refractivity contribution in [2.45, 2.75) is 31.3 Å². The second-order valence-electron chi connectivity index (χ2n) is 6.30. The molecule has 3 rings (SSSR count). The van der Waals surface area contributed by atoms with E-state index in [9.17, 15) is 13.2 Å². The number of hydrogen-bond donors (Lipinski definition) is 1. The smallest absolute Gasteiger partial charge is 0.240 e. The number of hydrogen-bond acceptors (Lipinski definition) is 4. The van der Waals surface area contributed by atoms with E-state index in [4.69, 9.17) is 4.74 Å². The molecule has 26 heavy (non-hydrogen) atoms. The fraction of sp³-hybridized carbons (Fsp3) is 0.316. The number of ether oxygens (including phenoxy) is 1. The highest BCUT2D eigenvalue weighted by atomic mass is 32.2. The molecule has 0 fully saturated rings. The highest BCUT2D eigenvalue weighted by molar-refractivity contribution is 7.89. The summed E-state index contributed by atoms with van der Waals surface area (Å²) < 4.78 is 33.4. The van der Waals surface area contributed by atoms with Crippen molar-refractivity contribution in [3.05, 3.63) is 54.1 Å². The van der Waals surface area contributed by atoms with E-state index >= 15 is 0 Å². The van der Waals surface area contributed by atoms with Gasteiger partial charge in [-0.2, -0.15) is 0 Å². The van der Waals surface area contributed by atoms with Crippen molar-refractivity contribution in [1.82, 2.24) is 4.72 Å². The molecule has 1 heterocycles. The number of sulfonamides is 1. The maximum absolute atomic E-state index is 12.6. The molecule has 0 aromatic heterocycles. The molecule has 0 aliphatic carbocycles. The first-order valence-electron chi connectivity index (χ1n) is 8.49. The molecule has 138 valence electrons. The van der Waals surface area contributed by atoms with E-state index in [1.807, 2.05) is 37.3 Å². The second-order valence-corrected chi connectivity index (χ2v) is 8.07. The van der Waals surface area contributed by atoms with Crippen LogP contribution in [0.4, 0.5) is 5.69 Å². The van der Waals surface area contributed by atoms with Gasteiger partial charge in [0.1, 0.15) is 11.9 Å². The van der Waals surface area contributed by atoms with Crippen molar-refractivity contribution in [2.24, 2.45) is 0 Å². The molecule has 0 saturated carbocycles. The predicted octanol–water partition coefficient (Wildman–Crippen LogP) is 2.34. The summed E-state index contributed by atoms with van der Waals surface area (Å²) >= 11 is 0. The third-order valence-corrected chi connectivity index (χ3v) is 5.70. The van der Waals surface area contributed by atoms with Crippen LogP contribution in [-0.2, 0) is 21.2 Å². The summed E-state index contributed by atoms with van der Waals surface area (Å²) in [6.07, 6.45) is 0.348. The van der Waals surface area contributed by atoms with Gasteiger partial charge in [-0.05, 0) is 49.2 Å². The minimum atomic E-state index is -3.64. The highest BCUT2D eigenvalue weighted by Gasteiger charge is 2.25. The summed E-state index contributed by atoms with van der Waals surface area (Å²) in [6.45, 7) is 4.07. The maximum Gasteiger partial charge on any atom is 0.240 e. The van der Waals surface area contributed by atoms with Crippen LogP contribution in [0.1, 0.15) is 19.4 Å². The van der Waals surface area contributed by atoms with E-state index in [1.54, 1.807) is 17.0 Å². The normalized spacial score (nSPS) is 14.8. The average Bonchev–Trinajstić information content (AvgIpc) is 3.04. The summed E-state index contributed by atoms with van der Waals surface area (Å²) in [5.74, 6) is 0.658. The van der Waals surface area contributed by atoms with Crippen molar-refractivity contribution >= 4 is 21.6 Å². The van der Waals surface area contributed by atoms with Crippen LogP contribution in [0.2, 0.25) is 0 Å². The summed E-state index contributed by atoms with van der Waals surface area (Å²) in [5.41, 5.74) is 1.66. The number of rotatable bonds is 6. The maximum atomic E-state index is 12.6. The van der Waals surface area contributed by atoms with Crippen LogP contribution in [0.15, 0.2) is 53.4 Å². The highest BCUT2D eigenvalue weighted by Crippen LogP contribution is 2.30. The van der Waals surface area contributed by atoms with E-state index in [0.29, 0.717) is 18.7 Å². The molecular weight excluding hydrogens is 352 g/mol. The number of fused-ring (bicyclic) bond motifs is 1. The molecule has 1 atom stereocenters. The van der Waals surface area contributed by atoms with E-state index in [-0.39, 0.29) is 23.5 Å². The third kappa shape index (κ3) is 4.05. The van der Waals surface area contributed by atoms with Crippen LogP contribution in [0.3, 0.4) is 0 Å². The minimum Gasteiger partial charge on any atom is -0.489 e. The topological polar surface area (TPSA) is 75.7 Å². The van der Waals surface area contributed by atoms with Crippen LogP contribution in [-0.4, -0.2) is 33.5 Å². The minimum absolute atomic E-state index is 0.0376. The number of nitrogens with zero attached hydrogens (tertiary/aromatic N) is 1. The van der Waals surface area contributed by atoms with Gasteiger partial charge in [0.25, 0.3) is 0 Å². The van der Waals surface area contributed by atoms with E-state index in [1.165, 1.54) is 13.0 Å². The van der Waals surface area contributed by atoms with Gasteiger partial charge in [-0.3, -0.25) is 4.79 Å². The molecule has 0 spiro atoms. The molecule has 1 aliphatic rings. The standard InChI is InChI=1S/C19H22N2O4S/c1-14(25-17-6-4-3-5-7-17)13-20-26(23,24)18-8-9-19-16(12-18)10-11-21(19)15(2)22/h3-9,12,14,20H,10-11,13H2,1-2H3. The Morgan fingerprint density at radius 1 is 1.23 bits per heavy atom. The fourth-order valence-electron chi connectivity index (χ4n) is 2.96. The van der Waals surface area contributed by atoms with Crippen molar-refractivity contribution in [2.75, 3.05) is 18.0 Å². The molecule has 1 unspecified atom stereocenters. The lowest BCUT2D eigenvalue weighted by molar-refractivity contribution is -0.116. The van der Waals surface area contributed by atoms with E-state index in [2.05, 4.69) is 4.72 Å². The van der Waals surface area contributed by atoms with Crippen LogP contribution in [0.25, 0.3) is 0 Å². The zero-order valence-electron chi connectivity index (χ0n) is 14.8. The van der Waals surface area contributed by atoms with Crippen molar-refractivity contribution in [3.63, 3.8) is 0 Å². The Morgan fingerprint density at radius 3 is 2.65 bits per heavy atom. The lowest BCUT2D eigenvalue weighted by Crippen LogP contribution is -2.33. The van der Waals surface area contributed by atoms with Gasteiger partial charge in [0.2, 0.25) is 15.9 Å². The monoisotopic (exact) mass is 374 g/mol. The fourth-order valence-corrected chi connectivity index (χ4v) is 4.12. The third-order valence-electron chi connectivity index (χ3n) is 4.28. The first kappa shape index (κ1) is 18.4. The first-order chi connectivity index (χ1) is 12.4. The van der Waals surface area contributed by atoms with Gasteiger partial charge >= 0.3 is 0 Å². The van der Waals surface area contributed by atoms with Gasteiger partial charge in [-0.1, -0.05) is 18.2 Å². The molecule has 2 aromatic carbocycles. The molecule has 0 saturated heterocycles. The van der Waals surface area contributed by atoms with Crippen LogP contribution in [0, 0.1) is 0 Å². The molecule has 1 amide bonds. The number of para-hydroxylation sites is 1. The number of anilines is 1. The number of benzene rings is 2. The summed E-state index contributed by atoms with van der Waals surface area (Å²) in [7, 11) is -3.64. The summed E-state index contributed by atoms with van der Waals surface area (Å²) in [5, 5.41) is 0. The van der Waals surface area contributed by atoms with Gasteiger partial charge in [-0.15, -0.1) is 0 Å². The van der Waals surface area contributed by atoms with Crippen molar-refractivity contribution < 1.29 is 17.9 Å².